The highest BCUT2D eigenvalue weighted by molar-refractivity contribution is 6.30. The van der Waals surface area contributed by atoms with Gasteiger partial charge >= 0.3 is 5.97 Å². The van der Waals surface area contributed by atoms with Gasteiger partial charge in [0.05, 0.1) is 12.7 Å². The van der Waals surface area contributed by atoms with Crippen molar-refractivity contribution in [2.75, 3.05) is 7.11 Å². The predicted molar refractivity (Wildman–Crippen MR) is 109 cm³/mol. The number of carbonyl (C=O) groups excluding carboxylic acids is 2. The van der Waals surface area contributed by atoms with Crippen molar-refractivity contribution in [2.24, 2.45) is 0 Å². The molecule has 6 heteroatoms. The molecule has 0 N–H and O–H groups in total. The molecular weight excluding hydrogens is 392 g/mol. The number of rotatable bonds is 4. The Balaban J connectivity index is 1.57. The van der Waals surface area contributed by atoms with Gasteiger partial charge in [-0.3, -0.25) is 4.79 Å². The van der Waals surface area contributed by atoms with Crippen molar-refractivity contribution < 1.29 is 23.8 Å². The van der Waals surface area contributed by atoms with Crippen LogP contribution in [0.25, 0.3) is 6.08 Å². The van der Waals surface area contributed by atoms with Gasteiger partial charge in [-0.25, -0.2) is 4.79 Å². The van der Waals surface area contributed by atoms with Crippen LogP contribution in [0, 0.1) is 0 Å². The molecule has 4 rings (SSSR count). The van der Waals surface area contributed by atoms with E-state index in [4.69, 9.17) is 25.8 Å². The fourth-order valence-electron chi connectivity index (χ4n) is 2.95. The number of ketones is 1. The number of allylic oxidation sites excluding steroid dienone is 1. The van der Waals surface area contributed by atoms with Gasteiger partial charge in [0.1, 0.15) is 22.8 Å². The van der Waals surface area contributed by atoms with Gasteiger partial charge in [0, 0.05) is 11.1 Å². The van der Waals surface area contributed by atoms with Crippen molar-refractivity contribution >= 4 is 29.4 Å². The topological polar surface area (TPSA) is 61.8 Å². The monoisotopic (exact) mass is 406 g/mol. The van der Waals surface area contributed by atoms with Crippen LogP contribution in [0.3, 0.4) is 0 Å². The van der Waals surface area contributed by atoms with Gasteiger partial charge in [0.2, 0.25) is 5.78 Å². The average molecular weight is 407 g/mol. The molecule has 5 nitrogen and oxygen atoms in total. The molecule has 0 bridgehead atoms. The van der Waals surface area contributed by atoms with Crippen molar-refractivity contribution in [2.45, 2.75) is 0 Å². The number of fused-ring (bicyclic) bond motifs is 1. The maximum Gasteiger partial charge on any atom is 0.347 e. The quantitative estimate of drug-likeness (QED) is 0.339. The number of ether oxygens (including phenoxy) is 3. The zero-order valence-corrected chi connectivity index (χ0v) is 16.1. The first kappa shape index (κ1) is 18.8. The smallest absolute Gasteiger partial charge is 0.347 e. The molecule has 0 atom stereocenters. The van der Waals surface area contributed by atoms with E-state index in [9.17, 15) is 9.59 Å². The first-order valence-electron chi connectivity index (χ1n) is 8.74. The molecule has 0 saturated carbocycles. The fourth-order valence-corrected chi connectivity index (χ4v) is 3.15. The largest absolute Gasteiger partial charge is 0.496 e. The predicted octanol–water partition coefficient (Wildman–Crippen LogP) is 5.18. The van der Waals surface area contributed by atoms with E-state index in [-0.39, 0.29) is 17.3 Å². The van der Waals surface area contributed by atoms with E-state index in [0.29, 0.717) is 27.6 Å². The maximum atomic E-state index is 12.6. The second-order valence-electron chi connectivity index (χ2n) is 6.24. The number of para-hydroxylation sites is 1. The molecule has 144 valence electrons. The molecule has 0 fully saturated rings. The first-order chi connectivity index (χ1) is 14.0. The Morgan fingerprint density at radius 1 is 1.03 bits per heavy atom. The van der Waals surface area contributed by atoms with E-state index in [1.807, 2.05) is 6.07 Å². The number of methoxy groups -OCH3 is 1. The van der Waals surface area contributed by atoms with E-state index in [0.717, 1.165) is 5.56 Å². The van der Waals surface area contributed by atoms with Crippen molar-refractivity contribution in [3.63, 3.8) is 0 Å². The lowest BCUT2D eigenvalue weighted by Gasteiger charge is -2.08. The molecule has 1 aliphatic rings. The summed E-state index contributed by atoms with van der Waals surface area (Å²) in [6, 6.07) is 18.5. The van der Waals surface area contributed by atoms with E-state index < -0.39 is 5.97 Å². The van der Waals surface area contributed by atoms with Gasteiger partial charge in [-0.1, -0.05) is 35.9 Å². The lowest BCUT2D eigenvalue weighted by Crippen LogP contribution is -2.10. The molecule has 0 saturated heterocycles. The molecule has 0 radical (unpaired) electrons. The lowest BCUT2D eigenvalue weighted by molar-refractivity contribution is 0.0731. The number of hydrogen-bond acceptors (Lipinski definition) is 5. The highest BCUT2D eigenvalue weighted by atomic mass is 35.5. The summed E-state index contributed by atoms with van der Waals surface area (Å²) in [6.07, 6.45) is 1.62. The molecule has 0 unspecified atom stereocenters. The van der Waals surface area contributed by atoms with Gasteiger partial charge in [-0.2, -0.15) is 0 Å². The van der Waals surface area contributed by atoms with Gasteiger partial charge in [0.25, 0.3) is 0 Å². The van der Waals surface area contributed by atoms with E-state index in [1.54, 1.807) is 60.7 Å². The van der Waals surface area contributed by atoms with Crippen LogP contribution in [0.4, 0.5) is 0 Å². The van der Waals surface area contributed by atoms with Crippen LogP contribution in [0.5, 0.6) is 17.2 Å². The summed E-state index contributed by atoms with van der Waals surface area (Å²) in [5, 5.41) is 0.563. The summed E-state index contributed by atoms with van der Waals surface area (Å²) < 4.78 is 16.3. The zero-order valence-electron chi connectivity index (χ0n) is 15.3. The van der Waals surface area contributed by atoms with Crippen LogP contribution in [0.15, 0.2) is 72.5 Å². The SMILES string of the molecule is COc1ccccc1C(=O)Oc1ccc2c(c1)O/C(=C/c1cccc(Cl)c1)C2=O. The van der Waals surface area contributed by atoms with Gasteiger partial charge in [0.15, 0.2) is 5.76 Å². The number of hydrogen-bond donors (Lipinski definition) is 0. The van der Waals surface area contributed by atoms with Crippen molar-refractivity contribution in [3.05, 3.63) is 94.2 Å². The molecule has 29 heavy (non-hydrogen) atoms. The summed E-state index contributed by atoms with van der Waals surface area (Å²) in [4.78, 5) is 25.0. The molecule has 1 heterocycles. The lowest BCUT2D eigenvalue weighted by atomic mass is 10.1. The van der Waals surface area contributed by atoms with Crippen LogP contribution in [-0.4, -0.2) is 18.9 Å². The Labute approximate surface area is 172 Å². The molecule has 3 aromatic rings. The van der Waals surface area contributed by atoms with Gasteiger partial charge in [-0.05, 0) is 48.0 Å². The maximum absolute atomic E-state index is 12.6. The van der Waals surface area contributed by atoms with Crippen LogP contribution in [0.2, 0.25) is 5.02 Å². The fraction of sp³-hybridized carbons (Fsp3) is 0.0435. The first-order valence-corrected chi connectivity index (χ1v) is 9.12. The normalized spacial score (nSPS) is 13.7. The third-order valence-electron chi connectivity index (χ3n) is 4.33. The second-order valence-corrected chi connectivity index (χ2v) is 6.68. The van der Waals surface area contributed by atoms with E-state index in [1.165, 1.54) is 13.2 Å². The molecule has 0 amide bonds. The number of Topliss-reactive ketones (excluding diaryl/α,β-unsaturated/α-hetero) is 1. The zero-order chi connectivity index (χ0) is 20.4. The molecule has 0 aliphatic carbocycles. The van der Waals surface area contributed by atoms with Crippen molar-refractivity contribution in [1.82, 2.24) is 0 Å². The number of halogens is 1. The van der Waals surface area contributed by atoms with Crippen molar-refractivity contribution in [1.29, 1.82) is 0 Å². The number of benzene rings is 3. The van der Waals surface area contributed by atoms with Gasteiger partial charge < -0.3 is 14.2 Å². The van der Waals surface area contributed by atoms with Crippen LogP contribution in [-0.2, 0) is 0 Å². The minimum Gasteiger partial charge on any atom is -0.496 e. The van der Waals surface area contributed by atoms with E-state index in [2.05, 4.69) is 0 Å². The Morgan fingerprint density at radius 2 is 1.86 bits per heavy atom. The Hall–Kier alpha value is -3.57. The third kappa shape index (κ3) is 3.86. The highest BCUT2D eigenvalue weighted by Gasteiger charge is 2.28. The summed E-state index contributed by atoms with van der Waals surface area (Å²) in [6.45, 7) is 0. The highest BCUT2D eigenvalue weighted by Crippen LogP contribution is 2.35. The molecule has 0 spiro atoms. The van der Waals surface area contributed by atoms with Gasteiger partial charge in [-0.15, -0.1) is 0 Å². The second kappa shape index (κ2) is 7.81. The number of carbonyl (C=O) groups is 2. The van der Waals surface area contributed by atoms with Crippen molar-refractivity contribution in [3.8, 4) is 17.2 Å². The minimum absolute atomic E-state index is 0.176. The van der Waals surface area contributed by atoms with Crippen LogP contribution < -0.4 is 14.2 Å². The summed E-state index contributed by atoms with van der Waals surface area (Å²) in [5.41, 5.74) is 1.45. The van der Waals surface area contributed by atoms with E-state index >= 15 is 0 Å². The molecule has 1 aliphatic heterocycles. The van der Waals surface area contributed by atoms with Crippen LogP contribution >= 0.6 is 11.6 Å². The third-order valence-corrected chi connectivity index (χ3v) is 4.56. The molecular formula is C23H15ClO5. The van der Waals surface area contributed by atoms with Crippen LogP contribution in [0.1, 0.15) is 26.3 Å². The summed E-state index contributed by atoms with van der Waals surface area (Å²) in [5.74, 6) is 0.362. The Kier molecular flexibility index (Phi) is 5.06. The minimum atomic E-state index is -0.568. The summed E-state index contributed by atoms with van der Waals surface area (Å²) >= 11 is 5.98. The average Bonchev–Trinajstić information content (AvgIpc) is 3.02. The Bertz CT molecular complexity index is 1150. The summed E-state index contributed by atoms with van der Waals surface area (Å²) in [7, 11) is 1.48. The Morgan fingerprint density at radius 3 is 2.66 bits per heavy atom. The number of esters is 1. The molecule has 0 aromatic heterocycles. The molecule has 3 aromatic carbocycles. The standard InChI is InChI=1S/C23H15ClO5/c1-27-19-8-3-2-7-18(19)23(26)28-16-9-10-17-20(13-16)29-21(22(17)25)12-14-5-4-6-15(24)11-14/h2-13H,1H3/b21-12+.